The van der Waals surface area contributed by atoms with Crippen LogP contribution >= 0.6 is 0 Å². The van der Waals surface area contributed by atoms with Crippen molar-refractivity contribution in [2.45, 2.75) is 25.4 Å². The van der Waals surface area contributed by atoms with E-state index in [1.165, 1.54) is 18.2 Å². The van der Waals surface area contributed by atoms with Crippen LogP contribution in [-0.4, -0.2) is 10.7 Å². The largest absolute Gasteiger partial charge is 0.389 e. The molecule has 2 rings (SSSR count). The van der Waals surface area contributed by atoms with Crippen molar-refractivity contribution < 1.29 is 18.3 Å². The van der Waals surface area contributed by atoms with E-state index in [9.17, 15) is 18.3 Å². The zero-order chi connectivity index (χ0) is 14.8. The van der Waals surface area contributed by atoms with Crippen molar-refractivity contribution in [2.24, 2.45) is 0 Å². The zero-order valence-corrected chi connectivity index (χ0v) is 11.0. The van der Waals surface area contributed by atoms with Crippen LogP contribution in [0.25, 0.3) is 0 Å². The van der Waals surface area contributed by atoms with Gasteiger partial charge in [0, 0.05) is 18.9 Å². The highest BCUT2D eigenvalue weighted by atomic mass is 19.1. The lowest BCUT2D eigenvalue weighted by atomic mass is 9.89. The third kappa shape index (κ3) is 3.84. The average Bonchev–Trinajstić information content (AvgIpc) is 2.35. The van der Waals surface area contributed by atoms with Crippen LogP contribution in [0, 0.1) is 17.5 Å². The lowest BCUT2D eigenvalue weighted by Crippen LogP contribution is -2.30. The van der Waals surface area contributed by atoms with Gasteiger partial charge >= 0.3 is 0 Å². The van der Waals surface area contributed by atoms with E-state index in [2.05, 4.69) is 0 Å². The summed E-state index contributed by atoms with van der Waals surface area (Å²) < 4.78 is 39.2. The predicted molar refractivity (Wildman–Crippen MR) is 70.8 cm³/mol. The molecule has 1 N–H and O–H groups in total. The van der Waals surface area contributed by atoms with Crippen molar-refractivity contribution in [2.75, 3.05) is 0 Å². The molecule has 0 aliphatic heterocycles. The number of rotatable bonds is 4. The van der Waals surface area contributed by atoms with Crippen molar-refractivity contribution in [3.63, 3.8) is 0 Å². The molecular formula is C16H15F3O. The summed E-state index contributed by atoms with van der Waals surface area (Å²) in [6.07, 6.45) is 0.306. The smallest absolute Gasteiger partial charge is 0.129 e. The Labute approximate surface area is 115 Å². The molecule has 0 saturated carbocycles. The molecule has 20 heavy (non-hydrogen) atoms. The first-order valence-corrected chi connectivity index (χ1v) is 6.26. The van der Waals surface area contributed by atoms with Gasteiger partial charge in [-0.05, 0) is 36.2 Å². The zero-order valence-electron chi connectivity index (χ0n) is 11.0. The molecule has 4 heteroatoms. The molecule has 0 heterocycles. The summed E-state index contributed by atoms with van der Waals surface area (Å²) in [7, 11) is 0. The molecule has 0 aliphatic carbocycles. The van der Waals surface area contributed by atoms with Crippen molar-refractivity contribution >= 4 is 0 Å². The highest BCUT2D eigenvalue weighted by Crippen LogP contribution is 2.21. The normalized spacial score (nSPS) is 14.1. The number of hydrogen-bond donors (Lipinski definition) is 1. The SMILES string of the molecule is CC(O)(Cc1ccc(F)cc1)Cc1ccc(F)cc1F. The molecule has 0 aliphatic rings. The third-order valence-electron chi connectivity index (χ3n) is 3.08. The monoisotopic (exact) mass is 280 g/mol. The van der Waals surface area contributed by atoms with Crippen molar-refractivity contribution in [1.82, 2.24) is 0 Å². The molecule has 0 spiro atoms. The van der Waals surface area contributed by atoms with Gasteiger partial charge in [0.05, 0.1) is 5.60 Å². The van der Waals surface area contributed by atoms with Crippen LogP contribution in [0.5, 0.6) is 0 Å². The molecule has 2 aromatic carbocycles. The number of hydrogen-bond acceptors (Lipinski definition) is 1. The Balaban J connectivity index is 2.12. The summed E-state index contributed by atoms with van der Waals surface area (Å²) in [4.78, 5) is 0. The molecular weight excluding hydrogens is 265 g/mol. The van der Waals surface area contributed by atoms with E-state index in [1.807, 2.05) is 0 Å². The maximum Gasteiger partial charge on any atom is 0.129 e. The topological polar surface area (TPSA) is 20.2 Å². The van der Waals surface area contributed by atoms with Crippen LogP contribution < -0.4 is 0 Å². The van der Waals surface area contributed by atoms with E-state index in [4.69, 9.17) is 0 Å². The fraction of sp³-hybridized carbons (Fsp3) is 0.250. The summed E-state index contributed by atoms with van der Waals surface area (Å²) in [5.74, 6) is -1.67. The lowest BCUT2D eigenvalue weighted by Gasteiger charge is -2.24. The van der Waals surface area contributed by atoms with Gasteiger partial charge in [0.15, 0.2) is 0 Å². The second kappa shape index (κ2) is 5.67. The fourth-order valence-electron chi connectivity index (χ4n) is 2.18. The lowest BCUT2D eigenvalue weighted by molar-refractivity contribution is 0.0599. The Hall–Kier alpha value is -1.81. The third-order valence-corrected chi connectivity index (χ3v) is 3.08. The van der Waals surface area contributed by atoms with Crippen molar-refractivity contribution in [3.8, 4) is 0 Å². The molecule has 0 aromatic heterocycles. The van der Waals surface area contributed by atoms with Crippen molar-refractivity contribution in [3.05, 3.63) is 71.0 Å². The summed E-state index contributed by atoms with van der Waals surface area (Å²) in [5, 5.41) is 10.3. The van der Waals surface area contributed by atoms with Gasteiger partial charge in [-0.15, -0.1) is 0 Å². The second-order valence-electron chi connectivity index (χ2n) is 5.21. The molecule has 0 fully saturated rings. The maximum atomic E-state index is 13.6. The molecule has 0 radical (unpaired) electrons. The Morgan fingerprint density at radius 3 is 2.10 bits per heavy atom. The number of halogens is 3. The molecule has 106 valence electrons. The molecule has 1 atom stereocenters. The first-order valence-electron chi connectivity index (χ1n) is 6.26. The van der Waals surface area contributed by atoms with Crippen molar-refractivity contribution in [1.29, 1.82) is 0 Å². The quantitative estimate of drug-likeness (QED) is 0.906. The number of aliphatic hydroxyl groups is 1. The van der Waals surface area contributed by atoms with E-state index in [-0.39, 0.29) is 24.2 Å². The van der Waals surface area contributed by atoms with Gasteiger partial charge in [-0.3, -0.25) is 0 Å². The molecule has 1 unspecified atom stereocenters. The van der Waals surface area contributed by atoms with E-state index >= 15 is 0 Å². The molecule has 0 amide bonds. The van der Waals surface area contributed by atoms with Gasteiger partial charge in [-0.1, -0.05) is 18.2 Å². The Morgan fingerprint density at radius 2 is 1.50 bits per heavy atom. The van der Waals surface area contributed by atoms with E-state index < -0.39 is 17.2 Å². The van der Waals surface area contributed by atoms with Crippen LogP contribution in [0.2, 0.25) is 0 Å². The van der Waals surface area contributed by atoms with E-state index in [0.29, 0.717) is 0 Å². The van der Waals surface area contributed by atoms with E-state index in [0.717, 1.165) is 17.7 Å². The minimum atomic E-state index is -1.20. The summed E-state index contributed by atoms with van der Waals surface area (Å²) >= 11 is 0. The van der Waals surface area contributed by atoms with Gasteiger partial charge < -0.3 is 5.11 Å². The molecule has 1 nitrogen and oxygen atoms in total. The van der Waals surface area contributed by atoms with Crippen LogP contribution in [0.3, 0.4) is 0 Å². The van der Waals surface area contributed by atoms with E-state index in [1.54, 1.807) is 19.1 Å². The summed E-state index contributed by atoms with van der Waals surface area (Å²) in [6, 6.07) is 9.04. The molecule has 0 bridgehead atoms. The summed E-state index contributed by atoms with van der Waals surface area (Å²) in [5.41, 5.74) is -0.200. The minimum Gasteiger partial charge on any atom is -0.389 e. The first kappa shape index (κ1) is 14.6. The first-order chi connectivity index (χ1) is 9.35. The predicted octanol–water partition coefficient (Wildman–Crippen LogP) is 3.64. The Morgan fingerprint density at radius 1 is 0.900 bits per heavy atom. The average molecular weight is 280 g/mol. The molecule has 0 saturated heterocycles. The van der Waals surface area contributed by atoms with Crippen LogP contribution in [0.1, 0.15) is 18.1 Å². The van der Waals surface area contributed by atoms with Crippen LogP contribution in [0.4, 0.5) is 13.2 Å². The maximum absolute atomic E-state index is 13.6. The van der Waals surface area contributed by atoms with Gasteiger partial charge in [0.25, 0.3) is 0 Å². The van der Waals surface area contributed by atoms with Crippen LogP contribution in [0.15, 0.2) is 42.5 Å². The standard InChI is InChI=1S/C16H15F3O/c1-16(20,9-11-2-5-13(17)6-3-11)10-12-4-7-14(18)8-15(12)19/h2-8,20H,9-10H2,1H3. The Kier molecular flexibility index (Phi) is 4.14. The van der Waals surface area contributed by atoms with Crippen LogP contribution in [-0.2, 0) is 12.8 Å². The minimum absolute atomic E-state index is 0.0521. The van der Waals surface area contributed by atoms with Gasteiger partial charge in [0.2, 0.25) is 0 Å². The Bertz CT molecular complexity index is 591. The fourth-order valence-corrected chi connectivity index (χ4v) is 2.18. The number of benzene rings is 2. The van der Waals surface area contributed by atoms with Gasteiger partial charge in [0.1, 0.15) is 17.5 Å². The summed E-state index contributed by atoms with van der Waals surface area (Å²) in [6.45, 7) is 1.57. The van der Waals surface area contributed by atoms with Gasteiger partial charge in [-0.2, -0.15) is 0 Å². The van der Waals surface area contributed by atoms with Gasteiger partial charge in [-0.25, -0.2) is 13.2 Å². The molecule has 2 aromatic rings. The highest BCUT2D eigenvalue weighted by molar-refractivity contribution is 5.23. The second-order valence-corrected chi connectivity index (χ2v) is 5.21. The highest BCUT2D eigenvalue weighted by Gasteiger charge is 2.23.